The fourth-order valence-corrected chi connectivity index (χ4v) is 5.49. The number of sulfonamides is 1. The van der Waals surface area contributed by atoms with Gasteiger partial charge in [0.25, 0.3) is 0 Å². The first kappa shape index (κ1) is 21.6. The van der Waals surface area contributed by atoms with Gasteiger partial charge in [0.05, 0.1) is 37.1 Å². The summed E-state index contributed by atoms with van der Waals surface area (Å²) in [5.41, 5.74) is 2.11. The summed E-state index contributed by atoms with van der Waals surface area (Å²) in [6.07, 6.45) is 0. The van der Waals surface area contributed by atoms with Crippen LogP contribution in [0.2, 0.25) is 0 Å². The largest absolute Gasteiger partial charge is 0.495 e. The number of ether oxygens (including phenoxy) is 2. The minimum atomic E-state index is -3.78. The van der Waals surface area contributed by atoms with E-state index in [-0.39, 0.29) is 35.4 Å². The zero-order valence-electron chi connectivity index (χ0n) is 16.8. The van der Waals surface area contributed by atoms with Crippen molar-refractivity contribution < 1.29 is 22.7 Å². The summed E-state index contributed by atoms with van der Waals surface area (Å²) in [6, 6.07) is 12.2. The first-order valence-electron chi connectivity index (χ1n) is 9.61. The molecule has 2 aromatic carbocycles. The third-order valence-corrected chi connectivity index (χ3v) is 7.54. The highest BCUT2D eigenvalue weighted by Gasteiger charge is 2.29. The van der Waals surface area contributed by atoms with Crippen LogP contribution in [0.4, 0.5) is 5.69 Å². The predicted octanol–water partition coefficient (Wildman–Crippen LogP) is 2.32. The van der Waals surface area contributed by atoms with Crippen LogP contribution >= 0.6 is 11.8 Å². The Labute approximate surface area is 184 Å². The molecule has 1 aliphatic heterocycles. The predicted molar refractivity (Wildman–Crippen MR) is 118 cm³/mol. The van der Waals surface area contributed by atoms with E-state index in [0.717, 1.165) is 11.0 Å². The molecule has 1 saturated heterocycles. The molecule has 1 amide bonds. The second kappa shape index (κ2) is 9.27. The minimum Gasteiger partial charge on any atom is -0.495 e. The van der Waals surface area contributed by atoms with Gasteiger partial charge in [-0.2, -0.15) is 4.31 Å². The number of H-pyrrole nitrogens is 1. The number of imidazole rings is 1. The van der Waals surface area contributed by atoms with Gasteiger partial charge in [0.15, 0.2) is 5.16 Å². The Balaban J connectivity index is 1.46. The highest BCUT2D eigenvalue weighted by atomic mass is 32.2. The van der Waals surface area contributed by atoms with Gasteiger partial charge in [0.1, 0.15) is 10.6 Å². The second-order valence-corrected chi connectivity index (χ2v) is 9.65. The topological polar surface area (TPSA) is 114 Å². The van der Waals surface area contributed by atoms with Crippen LogP contribution in [0.5, 0.6) is 5.75 Å². The van der Waals surface area contributed by atoms with Crippen molar-refractivity contribution in [1.82, 2.24) is 14.3 Å². The molecule has 0 aliphatic carbocycles. The molecule has 4 rings (SSSR count). The Bertz CT molecular complexity index is 1160. The number of anilines is 1. The van der Waals surface area contributed by atoms with Crippen LogP contribution in [0.3, 0.4) is 0 Å². The monoisotopic (exact) mass is 462 g/mol. The average molecular weight is 463 g/mol. The molecule has 0 spiro atoms. The van der Waals surface area contributed by atoms with E-state index in [2.05, 4.69) is 15.3 Å². The van der Waals surface area contributed by atoms with Crippen molar-refractivity contribution in [3.05, 3.63) is 42.5 Å². The van der Waals surface area contributed by atoms with Crippen molar-refractivity contribution in [3.63, 3.8) is 0 Å². The van der Waals surface area contributed by atoms with Crippen LogP contribution in [0.25, 0.3) is 11.0 Å². The van der Waals surface area contributed by atoms with Crippen molar-refractivity contribution in [2.45, 2.75) is 10.1 Å². The smallest absolute Gasteiger partial charge is 0.246 e. The number of thioether (sulfide) groups is 1. The van der Waals surface area contributed by atoms with E-state index in [1.165, 1.54) is 35.3 Å². The number of aromatic nitrogens is 2. The zero-order valence-corrected chi connectivity index (χ0v) is 18.5. The van der Waals surface area contributed by atoms with Gasteiger partial charge >= 0.3 is 0 Å². The van der Waals surface area contributed by atoms with Crippen molar-refractivity contribution in [2.75, 3.05) is 44.5 Å². The lowest BCUT2D eigenvalue weighted by Gasteiger charge is -2.26. The number of nitrogens with zero attached hydrogens (tertiary/aromatic N) is 2. The van der Waals surface area contributed by atoms with Crippen LogP contribution in [-0.2, 0) is 19.6 Å². The molecule has 1 aromatic heterocycles. The van der Waals surface area contributed by atoms with Crippen LogP contribution in [0, 0.1) is 0 Å². The van der Waals surface area contributed by atoms with Crippen LogP contribution < -0.4 is 10.1 Å². The van der Waals surface area contributed by atoms with Crippen molar-refractivity contribution in [3.8, 4) is 5.75 Å². The Morgan fingerprint density at radius 1 is 1.26 bits per heavy atom. The lowest BCUT2D eigenvalue weighted by Crippen LogP contribution is -2.40. The summed E-state index contributed by atoms with van der Waals surface area (Å²) in [5, 5.41) is 3.39. The molecule has 9 nitrogen and oxygen atoms in total. The number of hydrogen-bond acceptors (Lipinski definition) is 7. The number of hydrogen-bond donors (Lipinski definition) is 2. The van der Waals surface area contributed by atoms with Gasteiger partial charge in [0, 0.05) is 18.8 Å². The molecule has 0 atom stereocenters. The van der Waals surface area contributed by atoms with Crippen LogP contribution in [0.1, 0.15) is 0 Å². The standard InChI is InChI=1S/C20H22N4O5S2/c1-28-17-7-6-14(12-18(17)31(26,27)24-8-10-29-11-9-24)21-19(25)13-30-20-22-15-4-2-3-5-16(15)23-20/h2-7,12H,8-11,13H2,1H3,(H,21,25)(H,22,23). The summed E-state index contributed by atoms with van der Waals surface area (Å²) in [4.78, 5) is 20.0. The Morgan fingerprint density at radius 2 is 2.03 bits per heavy atom. The maximum atomic E-state index is 13.1. The van der Waals surface area contributed by atoms with Crippen molar-refractivity contribution in [1.29, 1.82) is 0 Å². The molecule has 3 aromatic rings. The lowest BCUT2D eigenvalue weighted by atomic mass is 10.3. The average Bonchev–Trinajstić information content (AvgIpc) is 3.21. The van der Waals surface area contributed by atoms with E-state index in [1.807, 2.05) is 24.3 Å². The molecular formula is C20H22N4O5S2. The second-order valence-electron chi connectivity index (χ2n) is 6.78. The maximum absolute atomic E-state index is 13.1. The molecule has 11 heteroatoms. The van der Waals surface area contributed by atoms with Crippen LogP contribution in [-0.4, -0.2) is 67.8 Å². The summed E-state index contributed by atoms with van der Waals surface area (Å²) in [5.74, 6) is 0.0729. The van der Waals surface area contributed by atoms with E-state index in [9.17, 15) is 13.2 Å². The summed E-state index contributed by atoms with van der Waals surface area (Å²) < 4.78 is 38.0. The molecule has 1 fully saturated rings. The van der Waals surface area contributed by atoms with Gasteiger partial charge in [-0.3, -0.25) is 4.79 Å². The number of nitrogens with one attached hydrogen (secondary N) is 2. The van der Waals surface area contributed by atoms with Gasteiger partial charge in [-0.1, -0.05) is 23.9 Å². The molecular weight excluding hydrogens is 440 g/mol. The van der Waals surface area contributed by atoms with E-state index in [1.54, 1.807) is 6.07 Å². The third-order valence-electron chi connectivity index (χ3n) is 4.74. The number of rotatable bonds is 7. The minimum absolute atomic E-state index is 0.0136. The van der Waals surface area contributed by atoms with Gasteiger partial charge in [-0.25, -0.2) is 13.4 Å². The number of methoxy groups -OCH3 is 1. The van der Waals surface area contributed by atoms with E-state index in [0.29, 0.717) is 24.1 Å². The Hall–Kier alpha value is -2.60. The number of carbonyl (C=O) groups excluding carboxylic acids is 1. The highest BCUT2D eigenvalue weighted by molar-refractivity contribution is 7.99. The normalized spacial score (nSPS) is 15.1. The SMILES string of the molecule is COc1ccc(NC(=O)CSc2nc3ccccc3[nH]2)cc1S(=O)(=O)N1CCOCC1. The molecule has 2 heterocycles. The van der Waals surface area contributed by atoms with Gasteiger partial charge in [-0.15, -0.1) is 0 Å². The molecule has 2 N–H and O–H groups in total. The van der Waals surface area contributed by atoms with Gasteiger partial charge < -0.3 is 19.8 Å². The first-order chi connectivity index (χ1) is 15.0. The maximum Gasteiger partial charge on any atom is 0.246 e. The van der Waals surface area contributed by atoms with Gasteiger partial charge in [0.2, 0.25) is 15.9 Å². The molecule has 0 saturated carbocycles. The zero-order chi connectivity index (χ0) is 21.8. The van der Waals surface area contributed by atoms with Crippen molar-refractivity contribution in [2.24, 2.45) is 0 Å². The number of morpholine rings is 1. The highest BCUT2D eigenvalue weighted by Crippen LogP contribution is 2.30. The van der Waals surface area contributed by atoms with Crippen LogP contribution in [0.15, 0.2) is 52.5 Å². The molecule has 0 radical (unpaired) electrons. The first-order valence-corrected chi connectivity index (χ1v) is 12.0. The third kappa shape index (κ3) is 4.85. The Kier molecular flexibility index (Phi) is 6.46. The number of para-hydroxylation sites is 2. The van der Waals surface area contributed by atoms with Crippen molar-refractivity contribution >= 4 is 44.4 Å². The lowest BCUT2D eigenvalue weighted by molar-refractivity contribution is -0.113. The summed E-state index contributed by atoms with van der Waals surface area (Å²) in [6.45, 7) is 1.24. The molecule has 31 heavy (non-hydrogen) atoms. The number of carbonyl (C=O) groups is 1. The quantitative estimate of drug-likeness (QED) is 0.518. The number of fused-ring (bicyclic) bond motifs is 1. The molecule has 164 valence electrons. The van der Waals surface area contributed by atoms with Gasteiger partial charge in [-0.05, 0) is 30.3 Å². The fraction of sp³-hybridized carbons (Fsp3) is 0.300. The van der Waals surface area contributed by atoms with E-state index in [4.69, 9.17) is 9.47 Å². The van der Waals surface area contributed by atoms with E-state index < -0.39 is 10.0 Å². The fourth-order valence-electron chi connectivity index (χ4n) is 3.21. The summed E-state index contributed by atoms with van der Waals surface area (Å²) in [7, 11) is -2.36. The summed E-state index contributed by atoms with van der Waals surface area (Å²) >= 11 is 1.27. The number of aromatic amines is 1. The van der Waals surface area contributed by atoms with E-state index >= 15 is 0 Å². The number of benzene rings is 2. The molecule has 1 aliphatic rings. The number of amides is 1. The molecule has 0 unspecified atom stereocenters. The Morgan fingerprint density at radius 3 is 2.77 bits per heavy atom. The molecule has 0 bridgehead atoms.